The number of primary amides is 1. The normalized spacial score (nSPS) is 10.4. The first-order valence-electron chi connectivity index (χ1n) is 7.97. The molecule has 3 rings (SSSR count). The first kappa shape index (κ1) is 17.0. The number of benzene rings is 1. The number of ether oxygens (including phenoxy) is 1. The lowest BCUT2D eigenvalue weighted by molar-refractivity contribution is 0.1000. The number of carbonyl (C=O) groups is 1. The summed E-state index contributed by atoms with van der Waals surface area (Å²) >= 11 is 1.74. The van der Waals surface area contributed by atoms with Crippen LogP contribution in [0.15, 0.2) is 60.1 Å². The molecule has 0 fully saturated rings. The Kier molecular flexibility index (Phi) is 5.30. The van der Waals surface area contributed by atoms with E-state index in [2.05, 4.69) is 34.3 Å². The highest BCUT2D eigenvalue weighted by atomic mass is 32.1. The number of pyridine rings is 1. The van der Waals surface area contributed by atoms with E-state index in [1.807, 2.05) is 24.3 Å². The van der Waals surface area contributed by atoms with Crippen molar-refractivity contribution in [3.63, 3.8) is 0 Å². The summed E-state index contributed by atoms with van der Waals surface area (Å²) in [6, 6.07) is 15.3. The molecule has 2 aromatic heterocycles. The van der Waals surface area contributed by atoms with E-state index in [-0.39, 0.29) is 0 Å². The molecule has 3 aromatic rings. The molecule has 0 saturated carbocycles. The Bertz CT molecular complexity index is 815. The molecule has 0 atom stereocenters. The Morgan fingerprint density at radius 3 is 2.56 bits per heavy atom. The molecule has 0 aliphatic carbocycles. The van der Waals surface area contributed by atoms with E-state index in [1.165, 1.54) is 16.8 Å². The second-order valence-corrected chi connectivity index (χ2v) is 6.39. The molecule has 0 saturated heterocycles. The van der Waals surface area contributed by atoms with E-state index in [0.29, 0.717) is 17.2 Å². The van der Waals surface area contributed by atoms with Gasteiger partial charge >= 0.3 is 0 Å². The predicted octanol–water partition coefficient (Wildman–Crippen LogP) is 4.06. The molecule has 1 aromatic carbocycles. The van der Waals surface area contributed by atoms with Gasteiger partial charge in [0.15, 0.2) is 0 Å². The maximum atomic E-state index is 11.0. The number of nitrogens with two attached hydrogens (primary N) is 1. The second kappa shape index (κ2) is 7.81. The van der Waals surface area contributed by atoms with Gasteiger partial charge < -0.3 is 15.4 Å². The minimum absolute atomic E-state index is 0.357. The first-order chi connectivity index (χ1) is 12.2. The quantitative estimate of drug-likeness (QED) is 0.695. The van der Waals surface area contributed by atoms with Crippen molar-refractivity contribution in [3.05, 3.63) is 71.2 Å². The minimum Gasteiger partial charge on any atom is -0.439 e. The van der Waals surface area contributed by atoms with Gasteiger partial charge in [0, 0.05) is 25.4 Å². The van der Waals surface area contributed by atoms with E-state index < -0.39 is 5.91 Å². The number of nitrogens with zero attached hydrogens (tertiary/aromatic N) is 2. The van der Waals surface area contributed by atoms with Gasteiger partial charge in [-0.1, -0.05) is 12.1 Å². The summed E-state index contributed by atoms with van der Waals surface area (Å²) in [6.45, 7) is 3.95. The zero-order valence-electron chi connectivity index (χ0n) is 13.9. The van der Waals surface area contributed by atoms with E-state index in [0.717, 1.165) is 13.1 Å². The Morgan fingerprint density at radius 2 is 2.00 bits per heavy atom. The van der Waals surface area contributed by atoms with Gasteiger partial charge in [-0.15, -0.1) is 11.3 Å². The fourth-order valence-electron chi connectivity index (χ4n) is 2.39. The van der Waals surface area contributed by atoms with Crippen molar-refractivity contribution in [2.75, 3.05) is 11.4 Å². The number of carbonyl (C=O) groups excluding carboxylic acids is 1. The lowest BCUT2D eigenvalue weighted by Gasteiger charge is -2.21. The molecule has 1 amide bonds. The molecule has 0 radical (unpaired) electrons. The number of hydrogen-bond donors (Lipinski definition) is 1. The van der Waals surface area contributed by atoms with Gasteiger partial charge in [-0.2, -0.15) is 0 Å². The van der Waals surface area contributed by atoms with Crippen LogP contribution >= 0.6 is 11.3 Å². The molecule has 0 spiro atoms. The van der Waals surface area contributed by atoms with Crippen LogP contribution in [0, 0.1) is 0 Å². The number of thiophene rings is 1. The molecular weight excluding hydrogens is 334 g/mol. The van der Waals surface area contributed by atoms with Gasteiger partial charge in [0.1, 0.15) is 5.75 Å². The van der Waals surface area contributed by atoms with E-state index in [9.17, 15) is 4.79 Å². The van der Waals surface area contributed by atoms with Crippen molar-refractivity contribution in [2.45, 2.75) is 13.5 Å². The van der Waals surface area contributed by atoms with Crippen molar-refractivity contribution in [2.24, 2.45) is 5.73 Å². The maximum Gasteiger partial charge on any atom is 0.250 e. The molecular formula is C19H19N3O2S. The summed E-state index contributed by atoms with van der Waals surface area (Å²) in [7, 11) is 0. The summed E-state index contributed by atoms with van der Waals surface area (Å²) in [4.78, 5) is 17.5. The lowest BCUT2D eigenvalue weighted by atomic mass is 10.2. The van der Waals surface area contributed by atoms with Crippen LogP contribution in [0.2, 0.25) is 0 Å². The Hall–Kier alpha value is -2.86. The van der Waals surface area contributed by atoms with Crippen LogP contribution in [-0.2, 0) is 6.54 Å². The van der Waals surface area contributed by atoms with Crippen molar-refractivity contribution in [3.8, 4) is 11.6 Å². The molecule has 0 bridgehead atoms. The van der Waals surface area contributed by atoms with Gasteiger partial charge in [-0.3, -0.25) is 4.79 Å². The monoisotopic (exact) mass is 353 g/mol. The highest BCUT2D eigenvalue weighted by Crippen LogP contribution is 2.24. The molecule has 0 unspecified atom stereocenters. The van der Waals surface area contributed by atoms with Crippen LogP contribution in [-0.4, -0.2) is 17.4 Å². The van der Waals surface area contributed by atoms with Crippen molar-refractivity contribution < 1.29 is 9.53 Å². The average molecular weight is 353 g/mol. The molecule has 2 N–H and O–H groups in total. The van der Waals surface area contributed by atoms with Crippen molar-refractivity contribution in [1.82, 2.24) is 4.98 Å². The molecule has 2 heterocycles. The third-order valence-electron chi connectivity index (χ3n) is 3.74. The Morgan fingerprint density at radius 1 is 1.20 bits per heavy atom. The van der Waals surface area contributed by atoms with Gasteiger partial charge in [-0.05, 0) is 48.2 Å². The van der Waals surface area contributed by atoms with Crippen molar-refractivity contribution in [1.29, 1.82) is 0 Å². The number of anilines is 1. The molecule has 25 heavy (non-hydrogen) atoms. The molecule has 0 aliphatic heterocycles. The molecule has 0 aliphatic rings. The third-order valence-corrected chi connectivity index (χ3v) is 4.67. The van der Waals surface area contributed by atoms with E-state index >= 15 is 0 Å². The van der Waals surface area contributed by atoms with Crippen molar-refractivity contribution >= 4 is 22.2 Å². The first-order valence-corrected chi connectivity index (χ1v) is 8.85. The summed E-state index contributed by atoms with van der Waals surface area (Å²) in [5, 5.41) is 3.35. The van der Waals surface area contributed by atoms with Gasteiger partial charge in [0.05, 0.1) is 10.6 Å². The fraction of sp³-hybridized carbons (Fsp3) is 0.158. The smallest absolute Gasteiger partial charge is 0.250 e. The summed E-state index contributed by atoms with van der Waals surface area (Å²) in [5.41, 5.74) is 6.76. The van der Waals surface area contributed by atoms with Crippen LogP contribution in [0.1, 0.15) is 22.8 Å². The molecule has 128 valence electrons. The SMILES string of the molecule is CCN(Cc1ccc(Oc2ccc(C(N)=O)cn2)cc1)c1cccs1. The summed E-state index contributed by atoms with van der Waals surface area (Å²) in [6.07, 6.45) is 1.41. The Labute approximate surface area is 150 Å². The van der Waals surface area contributed by atoms with Crippen LogP contribution in [0.3, 0.4) is 0 Å². The fourth-order valence-corrected chi connectivity index (χ4v) is 3.18. The average Bonchev–Trinajstić information content (AvgIpc) is 3.16. The van der Waals surface area contributed by atoms with Gasteiger partial charge in [0.25, 0.3) is 0 Å². The predicted molar refractivity (Wildman–Crippen MR) is 100 cm³/mol. The topological polar surface area (TPSA) is 68.5 Å². The third kappa shape index (κ3) is 4.36. The maximum absolute atomic E-state index is 11.0. The molecule has 5 nitrogen and oxygen atoms in total. The number of hydrogen-bond acceptors (Lipinski definition) is 5. The minimum atomic E-state index is -0.505. The van der Waals surface area contributed by atoms with Crippen LogP contribution in [0.5, 0.6) is 11.6 Å². The van der Waals surface area contributed by atoms with Gasteiger partial charge in [0.2, 0.25) is 11.8 Å². The zero-order chi connectivity index (χ0) is 17.6. The van der Waals surface area contributed by atoms with E-state index in [4.69, 9.17) is 10.5 Å². The summed E-state index contributed by atoms with van der Waals surface area (Å²) in [5.74, 6) is 0.614. The van der Waals surface area contributed by atoms with Crippen LogP contribution in [0.4, 0.5) is 5.00 Å². The Balaban J connectivity index is 1.64. The zero-order valence-corrected chi connectivity index (χ0v) is 14.7. The van der Waals surface area contributed by atoms with Crippen LogP contribution in [0.25, 0.3) is 0 Å². The van der Waals surface area contributed by atoms with Gasteiger partial charge in [-0.25, -0.2) is 4.98 Å². The standard InChI is InChI=1S/C19H19N3O2S/c1-2-22(18-4-3-11-25-18)13-14-5-8-16(9-6-14)24-17-10-7-15(12-21-17)19(20)23/h3-12H,2,13H2,1H3,(H2,20,23). The molecule has 6 heteroatoms. The highest BCUT2D eigenvalue weighted by molar-refractivity contribution is 7.14. The highest BCUT2D eigenvalue weighted by Gasteiger charge is 2.07. The lowest BCUT2D eigenvalue weighted by Crippen LogP contribution is -2.20. The largest absolute Gasteiger partial charge is 0.439 e. The number of amides is 1. The number of rotatable bonds is 7. The number of aromatic nitrogens is 1. The van der Waals surface area contributed by atoms with E-state index in [1.54, 1.807) is 23.5 Å². The van der Waals surface area contributed by atoms with Crippen LogP contribution < -0.4 is 15.4 Å². The second-order valence-electron chi connectivity index (χ2n) is 5.46. The summed E-state index contributed by atoms with van der Waals surface area (Å²) < 4.78 is 5.70.